The molecule has 0 saturated carbocycles. The highest BCUT2D eigenvalue weighted by Gasteiger charge is 2.34. The minimum Gasteiger partial charge on any atom is -0.497 e. The molecule has 3 rings (SSSR count). The highest BCUT2D eigenvalue weighted by atomic mass is 35.5. The first-order valence-electron chi connectivity index (χ1n) is 9.45. The lowest BCUT2D eigenvalue weighted by Gasteiger charge is -2.24. The number of methoxy groups -OCH3 is 2. The van der Waals surface area contributed by atoms with Gasteiger partial charge in [-0.15, -0.1) is 0 Å². The zero-order chi connectivity index (χ0) is 21.7. The number of hydrogen-bond acceptors (Lipinski definition) is 5. The van der Waals surface area contributed by atoms with Crippen LogP contribution in [0.1, 0.15) is 23.6 Å². The lowest BCUT2D eigenvalue weighted by atomic mass is 9.98. The van der Waals surface area contributed by atoms with Crippen LogP contribution in [0.15, 0.2) is 53.6 Å². The maximum absolute atomic E-state index is 13.0. The molecule has 0 spiro atoms. The van der Waals surface area contributed by atoms with Gasteiger partial charge in [-0.05, 0) is 29.8 Å². The predicted molar refractivity (Wildman–Crippen MR) is 115 cm³/mol. The molecule has 2 aromatic carbocycles. The van der Waals surface area contributed by atoms with Gasteiger partial charge < -0.3 is 14.4 Å². The van der Waals surface area contributed by atoms with Crippen LogP contribution < -0.4 is 4.74 Å². The Balaban J connectivity index is 1.89. The van der Waals surface area contributed by atoms with Crippen molar-refractivity contribution in [1.29, 1.82) is 0 Å². The maximum Gasteiger partial charge on any atom is 0.262 e. The number of amides is 2. The molecule has 1 aliphatic rings. The highest BCUT2D eigenvalue weighted by Crippen LogP contribution is 2.34. The molecule has 30 heavy (non-hydrogen) atoms. The molecule has 2 amide bonds. The second-order valence-electron chi connectivity index (χ2n) is 6.97. The summed E-state index contributed by atoms with van der Waals surface area (Å²) in [4.78, 5) is 26.4. The fourth-order valence-electron chi connectivity index (χ4n) is 3.26. The first kappa shape index (κ1) is 21.8. The Bertz CT molecular complexity index is 946. The molecular formula is C22H24ClN3O4. The summed E-state index contributed by atoms with van der Waals surface area (Å²) >= 11 is 6.03. The Morgan fingerprint density at radius 1 is 1.20 bits per heavy atom. The lowest BCUT2D eigenvalue weighted by Crippen LogP contribution is -2.40. The molecule has 1 heterocycles. The summed E-state index contributed by atoms with van der Waals surface area (Å²) in [5, 5.41) is 6.69. The van der Waals surface area contributed by atoms with Crippen molar-refractivity contribution >= 4 is 29.1 Å². The average Bonchev–Trinajstić information content (AvgIpc) is 3.20. The Labute approximate surface area is 180 Å². The first-order chi connectivity index (χ1) is 14.4. The van der Waals surface area contributed by atoms with Crippen molar-refractivity contribution in [3.8, 4) is 5.75 Å². The standard InChI is InChI=1S/C22H24ClN3O4/c1-25(22(28)14-29-2)13-21(27)26-20(15-7-9-17(23)10-8-15)12-19(24-26)16-5-4-6-18(11-16)30-3/h4-11,20H,12-14H2,1-3H3/t20-/m0/s1. The Hall–Kier alpha value is -2.90. The van der Waals surface area contributed by atoms with E-state index >= 15 is 0 Å². The molecular weight excluding hydrogens is 406 g/mol. The quantitative estimate of drug-likeness (QED) is 0.678. The van der Waals surface area contributed by atoms with Gasteiger partial charge in [-0.25, -0.2) is 5.01 Å². The summed E-state index contributed by atoms with van der Waals surface area (Å²) in [6.07, 6.45) is 0.538. The number of hydrogen-bond donors (Lipinski definition) is 0. The third-order valence-corrected chi connectivity index (χ3v) is 5.14. The molecule has 7 nitrogen and oxygen atoms in total. The molecule has 8 heteroatoms. The topological polar surface area (TPSA) is 71.4 Å². The molecule has 0 aliphatic carbocycles. The number of likely N-dealkylation sites (N-methyl/N-ethyl adjacent to an activating group) is 1. The van der Waals surface area contributed by atoms with E-state index in [0.29, 0.717) is 17.2 Å². The smallest absolute Gasteiger partial charge is 0.262 e. The zero-order valence-electron chi connectivity index (χ0n) is 17.2. The predicted octanol–water partition coefficient (Wildman–Crippen LogP) is 3.13. The molecule has 0 radical (unpaired) electrons. The van der Waals surface area contributed by atoms with Crippen molar-refractivity contribution in [2.24, 2.45) is 5.10 Å². The van der Waals surface area contributed by atoms with Crippen molar-refractivity contribution in [2.45, 2.75) is 12.5 Å². The van der Waals surface area contributed by atoms with Crippen LogP contribution in [0.4, 0.5) is 0 Å². The molecule has 1 atom stereocenters. The van der Waals surface area contributed by atoms with Crippen LogP contribution in [0, 0.1) is 0 Å². The zero-order valence-corrected chi connectivity index (χ0v) is 17.9. The number of ether oxygens (including phenoxy) is 2. The molecule has 158 valence electrons. The minimum atomic E-state index is -0.290. The number of hydrazone groups is 1. The number of carbonyl (C=O) groups is 2. The molecule has 0 bridgehead atoms. The van der Waals surface area contributed by atoms with Crippen molar-refractivity contribution in [1.82, 2.24) is 9.91 Å². The first-order valence-corrected chi connectivity index (χ1v) is 9.83. The minimum absolute atomic E-state index is 0.0806. The summed E-state index contributed by atoms with van der Waals surface area (Å²) in [6.45, 7) is -0.177. The second-order valence-corrected chi connectivity index (χ2v) is 7.41. The summed E-state index contributed by atoms with van der Waals surface area (Å²) in [6, 6.07) is 14.6. The molecule has 0 saturated heterocycles. The van der Waals surface area contributed by atoms with E-state index in [-0.39, 0.29) is 31.0 Å². The van der Waals surface area contributed by atoms with Gasteiger partial charge in [-0.3, -0.25) is 9.59 Å². The van der Waals surface area contributed by atoms with E-state index in [1.165, 1.54) is 17.0 Å². The van der Waals surface area contributed by atoms with Crippen LogP contribution in [-0.2, 0) is 14.3 Å². The van der Waals surface area contributed by atoms with E-state index in [9.17, 15) is 9.59 Å². The summed E-state index contributed by atoms with van der Waals surface area (Å²) in [5.74, 6) is 0.165. The van der Waals surface area contributed by atoms with Crippen LogP contribution >= 0.6 is 11.6 Å². The van der Waals surface area contributed by atoms with Crippen molar-refractivity contribution in [3.05, 3.63) is 64.7 Å². The number of carbonyl (C=O) groups excluding carboxylic acids is 2. The van der Waals surface area contributed by atoms with Gasteiger partial charge >= 0.3 is 0 Å². The second kappa shape index (κ2) is 9.73. The van der Waals surface area contributed by atoms with E-state index in [1.54, 1.807) is 26.3 Å². The molecule has 0 N–H and O–H groups in total. The summed E-state index contributed by atoms with van der Waals surface area (Å²) < 4.78 is 10.2. The van der Waals surface area contributed by atoms with E-state index < -0.39 is 0 Å². The largest absolute Gasteiger partial charge is 0.497 e. The summed E-state index contributed by atoms with van der Waals surface area (Å²) in [7, 11) is 4.61. The molecule has 0 aromatic heterocycles. The van der Waals surface area contributed by atoms with Crippen LogP contribution in [0.25, 0.3) is 0 Å². The number of nitrogens with zero attached hydrogens (tertiary/aromatic N) is 3. The van der Waals surface area contributed by atoms with E-state index in [2.05, 4.69) is 5.10 Å². The van der Waals surface area contributed by atoms with Gasteiger partial charge in [0.2, 0.25) is 5.91 Å². The van der Waals surface area contributed by atoms with Gasteiger partial charge in [-0.1, -0.05) is 35.9 Å². The third kappa shape index (κ3) is 4.98. The Morgan fingerprint density at radius 2 is 1.93 bits per heavy atom. The van der Waals surface area contributed by atoms with Crippen LogP contribution in [0.5, 0.6) is 5.75 Å². The number of halogens is 1. The number of benzene rings is 2. The normalized spacial score (nSPS) is 15.7. The molecule has 2 aromatic rings. The van der Waals surface area contributed by atoms with Gasteiger partial charge in [0.05, 0.1) is 18.9 Å². The van der Waals surface area contributed by atoms with Crippen molar-refractivity contribution < 1.29 is 19.1 Å². The van der Waals surface area contributed by atoms with E-state index in [4.69, 9.17) is 21.1 Å². The van der Waals surface area contributed by atoms with Crippen LogP contribution in [-0.4, -0.2) is 61.9 Å². The summed E-state index contributed by atoms with van der Waals surface area (Å²) in [5.41, 5.74) is 2.57. The van der Waals surface area contributed by atoms with Crippen LogP contribution in [0.3, 0.4) is 0 Å². The van der Waals surface area contributed by atoms with Gasteiger partial charge in [0.15, 0.2) is 0 Å². The molecule has 0 unspecified atom stereocenters. The fourth-order valence-corrected chi connectivity index (χ4v) is 3.39. The fraction of sp³-hybridized carbons (Fsp3) is 0.318. The highest BCUT2D eigenvalue weighted by molar-refractivity contribution is 6.30. The van der Waals surface area contributed by atoms with Crippen LogP contribution in [0.2, 0.25) is 5.02 Å². The number of rotatable bonds is 7. The Kier molecular flexibility index (Phi) is 7.07. The van der Waals surface area contributed by atoms with Crippen molar-refractivity contribution in [2.75, 3.05) is 34.4 Å². The maximum atomic E-state index is 13.0. The van der Waals surface area contributed by atoms with E-state index in [1.807, 2.05) is 36.4 Å². The van der Waals surface area contributed by atoms with Gasteiger partial charge in [-0.2, -0.15) is 5.10 Å². The Morgan fingerprint density at radius 3 is 2.60 bits per heavy atom. The lowest BCUT2D eigenvalue weighted by molar-refractivity contribution is -0.142. The SMILES string of the molecule is COCC(=O)N(C)CC(=O)N1N=C(c2cccc(OC)c2)C[C@H]1c1ccc(Cl)cc1. The van der Waals surface area contributed by atoms with Gasteiger partial charge in [0, 0.05) is 31.2 Å². The van der Waals surface area contributed by atoms with Crippen molar-refractivity contribution in [3.63, 3.8) is 0 Å². The third-order valence-electron chi connectivity index (χ3n) is 4.89. The average molecular weight is 430 g/mol. The monoisotopic (exact) mass is 429 g/mol. The van der Waals surface area contributed by atoms with Gasteiger partial charge in [0.25, 0.3) is 5.91 Å². The van der Waals surface area contributed by atoms with E-state index in [0.717, 1.165) is 16.8 Å². The molecule has 0 fully saturated rings. The van der Waals surface area contributed by atoms with Gasteiger partial charge in [0.1, 0.15) is 18.9 Å². The molecule has 1 aliphatic heterocycles.